The standard InChI is InChI=1S/C33H33.C5H8.C5H5.Zr/c1-32(2,3)30-20-26-24(18-28(30)22-13-9-7-10-14-22)17-25-19-29(23-15-11-8-12-16-23)31(21-27(25)26)33(4,5)6;2*1-2-4-5-3-1;/h7-16,18,20-21H,17H2,1-6H3;1-4H2;1-3H,4H2;. The van der Waals surface area contributed by atoms with Gasteiger partial charge in [-0.05, 0) is 0 Å². The average Bonchev–Trinajstić information content (AvgIpc) is 3.79. The number of hydrogen-bond donors (Lipinski definition) is 0. The maximum absolute atomic E-state index is 2.63. The summed E-state index contributed by atoms with van der Waals surface area (Å²) in [7, 11) is 0. The molecule has 3 aliphatic rings. The Morgan fingerprint density at radius 2 is 1.25 bits per heavy atom. The van der Waals surface area contributed by atoms with Crippen molar-refractivity contribution in [2.75, 3.05) is 0 Å². The average molecular weight is 654 g/mol. The fraction of sp³-hybridized carbons (Fsp3) is 0.326. The van der Waals surface area contributed by atoms with Gasteiger partial charge in [0, 0.05) is 0 Å². The third kappa shape index (κ3) is 5.34. The van der Waals surface area contributed by atoms with Gasteiger partial charge < -0.3 is 0 Å². The van der Waals surface area contributed by atoms with Gasteiger partial charge in [0.25, 0.3) is 0 Å². The molecule has 0 nitrogen and oxygen atoms in total. The minimum atomic E-state index is -2.40. The van der Waals surface area contributed by atoms with Gasteiger partial charge in [-0.1, -0.05) is 0 Å². The second kappa shape index (κ2) is 11.5. The van der Waals surface area contributed by atoms with Gasteiger partial charge in [0.05, 0.1) is 0 Å². The van der Waals surface area contributed by atoms with E-state index >= 15 is 0 Å². The molecule has 4 aromatic rings. The van der Waals surface area contributed by atoms with E-state index in [9.17, 15) is 0 Å². The monoisotopic (exact) mass is 652 g/mol. The van der Waals surface area contributed by atoms with Crippen molar-refractivity contribution in [1.82, 2.24) is 0 Å². The normalized spacial score (nSPS) is 15.9. The molecule has 0 saturated heterocycles. The van der Waals surface area contributed by atoms with Gasteiger partial charge in [0.15, 0.2) is 0 Å². The molecule has 0 atom stereocenters. The first-order chi connectivity index (χ1) is 21.1. The van der Waals surface area contributed by atoms with Crippen molar-refractivity contribution in [2.45, 2.75) is 90.9 Å². The van der Waals surface area contributed by atoms with Crippen molar-refractivity contribution < 1.29 is 21.3 Å². The molecule has 0 spiro atoms. The van der Waals surface area contributed by atoms with Gasteiger partial charge in [0.2, 0.25) is 0 Å². The predicted molar refractivity (Wildman–Crippen MR) is 188 cm³/mol. The summed E-state index contributed by atoms with van der Waals surface area (Å²) in [5.74, 6) is 0. The molecule has 3 aliphatic carbocycles. The summed E-state index contributed by atoms with van der Waals surface area (Å²) in [6.45, 7) is 14.4. The van der Waals surface area contributed by atoms with E-state index in [0.717, 1.165) is 12.8 Å². The molecule has 7 rings (SSSR count). The molecule has 4 aromatic carbocycles. The summed E-state index contributed by atoms with van der Waals surface area (Å²) in [6, 6.07) is 30.3. The Morgan fingerprint density at radius 1 is 0.636 bits per heavy atom. The Morgan fingerprint density at radius 3 is 1.84 bits per heavy atom. The second-order valence-corrected chi connectivity index (χ2v) is 21.6. The van der Waals surface area contributed by atoms with Crippen LogP contribution in [-0.2, 0) is 38.5 Å². The number of allylic oxidation sites excluding steroid dienone is 4. The molecule has 44 heavy (non-hydrogen) atoms. The maximum atomic E-state index is 2.63. The first-order valence-corrected chi connectivity index (χ1v) is 20.4. The molecule has 0 unspecified atom stereocenters. The van der Waals surface area contributed by atoms with Crippen LogP contribution in [0.15, 0.2) is 100 Å². The molecule has 0 amide bonds. The molecule has 1 heteroatoms. The molecule has 1 fully saturated rings. The van der Waals surface area contributed by atoms with E-state index in [-0.39, 0.29) is 10.8 Å². The fourth-order valence-electron chi connectivity index (χ4n) is 7.88. The van der Waals surface area contributed by atoms with E-state index in [0.29, 0.717) is 0 Å². The molecule has 0 N–H and O–H groups in total. The molecule has 0 heterocycles. The van der Waals surface area contributed by atoms with E-state index in [4.69, 9.17) is 0 Å². The summed E-state index contributed by atoms with van der Waals surface area (Å²) >= 11 is -2.40. The summed E-state index contributed by atoms with van der Waals surface area (Å²) in [6.07, 6.45) is 14.9. The third-order valence-corrected chi connectivity index (χ3v) is 18.0. The predicted octanol–water partition coefficient (Wildman–Crippen LogP) is 11.0. The van der Waals surface area contributed by atoms with Crippen LogP contribution >= 0.6 is 0 Å². The van der Waals surface area contributed by atoms with Crippen LogP contribution in [0.25, 0.3) is 33.4 Å². The zero-order valence-electron chi connectivity index (χ0n) is 27.5. The van der Waals surface area contributed by atoms with Crippen LogP contribution in [0.1, 0.15) is 95.9 Å². The van der Waals surface area contributed by atoms with E-state index in [1.165, 1.54) is 70.2 Å². The summed E-state index contributed by atoms with van der Waals surface area (Å²) in [5, 5.41) is 0. The number of hydrogen-bond acceptors (Lipinski definition) is 0. The number of fused-ring (bicyclic) bond motifs is 3. The topological polar surface area (TPSA) is 0 Å². The van der Waals surface area contributed by atoms with Crippen LogP contribution in [0.4, 0.5) is 0 Å². The molecule has 222 valence electrons. The van der Waals surface area contributed by atoms with Crippen molar-refractivity contribution in [3.05, 3.63) is 123 Å². The second-order valence-electron chi connectivity index (χ2n) is 15.2. The Balaban J connectivity index is 1.59. The minimum absolute atomic E-state index is 0.0332. The molecule has 0 aromatic heterocycles. The Kier molecular flexibility index (Phi) is 7.78. The van der Waals surface area contributed by atoms with Crippen molar-refractivity contribution in [1.29, 1.82) is 0 Å². The van der Waals surface area contributed by atoms with Crippen LogP contribution in [0, 0.1) is 0 Å². The van der Waals surface area contributed by atoms with Gasteiger partial charge >= 0.3 is 275 Å². The fourth-order valence-corrected chi connectivity index (χ4v) is 16.8. The van der Waals surface area contributed by atoms with E-state index in [1.807, 2.05) is 3.21 Å². The SMILES string of the molecule is CC(C)(C)c1cc2c(cc1-c1ccccc1)Cc1c-2cc(C(C)(C)C)c(-c2ccccc2)[c]1[Zr]([C]1=CC=CC1)=[C]1CCCC1. The molecule has 0 bridgehead atoms. The zero-order valence-corrected chi connectivity index (χ0v) is 29.9. The van der Waals surface area contributed by atoms with Crippen LogP contribution < -0.4 is 3.27 Å². The van der Waals surface area contributed by atoms with Gasteiger partial charge in [-0.25, -0.2) is 0 Å². The van der Waals surface area contributed by atoms with Crippen LogP contribution in [0.2, 0.25) is 0 Å². The Hall–Kier alpha value is -2.89. The summed E-state index contributed by atoms with van der Waals surface area (Å²) in [4.78, 5) is 0. The van der Waals surface area contributed by atoms with Crippen LogP contribution in [0.5, 0.6) is 0 Å². The van der Waals surface area contributed by atoms with Gasteiger partial charge in [-0.2, -0.15) is 0 Å². The van der Waals surface area contributed by atoms with E-state index in [1.54, 1.807) is 17.7 Å². The zero-order chi connectivity index (χ0) is 30.6. The van der Waals surface area contributed by atoms with Crippen molar-refractivity contribution in [2.24, 2.45) is 0 Å². The Labute approximate surface area is 273 Å². The van der Waals surface area contributed by atoms with Gasteiger partial charge in [-0.3, -0.25) is 0 Å². The van der Waals surface area contributed by atoms with Crippen molar-refractivity contribution in [3.63, 3.8) is 0 Å². The first-order valence-electron chi connectivity index (χ1n) is 16.7. The first kappa shape index (κ1) is 29.8. The van der Waals surface area contributed by atoms with Crippen LogP contribution in [0.3, 0.4) is 0 Å². The van der Waals surface area contributed by atoms with Gasteiger partial charge in [0.1, 0.15) is 0 Å². The van der Waals surface area contributed by atoms with E-state index in [2.05, 4.69) is 139 Å². The molecule has 0 aliphatic heterocycles. The molecular formula is C43H46Zr. The number of benzene rings is 4. The summed E-state index contributed by atoms with van der Waals surface area (Å²) in [5.41, 5.74) is 14.9. The van der Waals surface area contributed by atoms with Gasteiger partial charge in [-0.15, -0.1) is 0 Å². The van der Waals surface area contributed by atoms with Crippen molar-refractivity contribution in [3.8, 4) is 33.4 Å². The molecular weight excluding hydrogens is 608 g/mol. The number of rotatable bonds is 4. The Bertz CT molecular complexity index is 1830. The van der Waals surface area contributed by atoms with Crippen molar-refractivity contribution >= 4 is 6.48 Å². The summed E-state index contributed by atoms with van der Waals surface area (Å²) < 4.78 is 5.53. The van der Waals surface area contributed by atoms with Crippen LogP contribution in [-0.4, -0.2) is 3.21 Å². The van der Waals surface area contributed by atoms with E-state index < -0.39 is 21.3 Å². The quantitative estimate of drug-likeness (QED) is 0.181. The molecule has 1 saturated carbocycles. The molecule has 0 radical (unpaired) electrons. The third-order valence-electron chi connectivity index (χ3n) is 10.0.